The number of ether oxygens (including phenoxy) is 5. The molecule has 9 fully saturated rings. The van der Waals surface area contributed by atoms with Crippen molar-refractivity contribution in [2.75, 3.05) is 39.5 Å². The summed E-state index contributed by atoms with van der Waals surface area (Å²) >= 11 is 0. The minimum atomic E-state index is -0.110. The summed E-state index contributed by atoms with van der Waals surface area (Å²) in [4.78, 5) is 15.0. The van der Waals surface area contributed by atoms with Crippen molar-refractivity contribution in [3.05, 3.63) is 0 Å². The minimum absolute atomic E-state index is 0.0152. The maximum Gasteiger partial charge on any atom is 0.309 e. The molecule has 0 bridgehead atoms. The van der Waals surface area contributed by atoms with E-state index in [1.54, 1.807) is 0 Å². The summed E-state index contributed by atoms with van der Waals surface area (Å²) < 4.78 is 31.4. The van der Waals surface area contributed by atoms with E-state index < -0.39 is 0 Å². The van der Waals surface area contributed by atoms with E-state index in [9.17, 15) is 4.79 Å². The van der Waals surface area contributed by atoms with Gasteiger partial charge in [-0.25, -0.2) is 0 Å². The van der Waals surface area contributed by atoms with Crippen molar-refractivity contribution in [2.24, 2.45) is 56.7 Å². The lowest BCUT2D eigenvalue weighted by Crippen LogP contribution is -2.59. The van der Waals surface area contributed by atoms with Gasteiger partial charge in [-0.05, 0) is 121 Å². The number of rotatable bonds is 6. The van der Waals surface area contributed by atoms with Gasteiger partial charge >= 0.3 is 5.97 Å². The van der Waals surface area contributed by atoms with Gasteiger partial charge in [0.2, 0.25) is 0 Å². The fraction of sp³-hybridized carbons (Fsp3) is 0.974. The van der Waals surface area contributed by atoms with E-state index in [1.165, 1.54) is 57.8 Å². The average Bonchev–Trinajstić information content (AvgIpc) is 3.55. The van der Waals surface area contributed by atoms with E-state index in [-0.39, 0.29) is 35.8 Å². The fourth-order valence-electron chi connectivity index (χ4n) is 14.4. The monoisotopic (exact) mass is 639 g/mol. The van der Waals surface area contributed by atoms with Gasteiger partial charge in [0.25, 0.3) is 0 Å². The van der Waals surface area contributed by atoms with Crippen LogP contribution in [0.15, 0.2) is 0 Å². The normalized spacial score (nSPS) is 53.0. The highest BCUT2D eigenvalue weighted by Crippen LogP contribution is 2.89. The van der Waals surface area contributed by atoms with Crippen LogP contribution in [0.3, 0.4) is 0 Å². The Morgan fingerprint density at radius 2 is 1.72 bits per heavy atom. The predicted molar refractivity (Wildman–Crippen MR) is 174 cm³/mol. The number of nitrogens with zero attached hydrogens (tertiary/aromatic N) is 1. The molecule has 7 nitrogen and oxygen atoms in total. The predicted octanol–water partition coefficient (Wildman–Crippen LogP) is 6.61. The number of carbonyl (C=O) groups excluding carboxylic acids is 1. The van der Waals surface area contributed by atoms with Crippen LogP contribution in [0.5, 0.6) is 0 Å². The molecule has 2 spiro atoms. The third-order valence-electron chi connectivity index (χ3n) is 17.1. The first-order valence-electron chi connectivity index (χ1n) is 19.4. The van der Waals surface area contributed by atoms with Gasteiger partial charge in [-0.1, -0.05) is 41.0 Å². The van der Waals surface area contributed by atoms with Crippen LogP contribution >= 0.6 is 0 Å². The zero-order valence-corrected chi connectivity index (χ0v) is 29.4. The van der Waals surface area contributed by atoms with Crippen LogP contribution in [0.4, 0.5) is 0 Å². The highest BCUT2D eigenvalue weighted by Gasteiger charge is 2.83. The Balaban J connectivity index is 0.899. The summed E-state index contributed by atoms with van der Waals surface area (Å²) in [6, 6.07) is 0.547. The van der Waals surface area contributed by atoms with Gasteiger partial charge in [0, 0.05) is 6.54 Å². The van der Waals surface area contributed by atoms with E-state index >= 15 is 0 Å². The van der Waals surface area contributed by atoms with Crippen molar-refractivity contribution in [2.45, 2.75) is 142 Å². The second-order valence-corrected chi connectivity index (χ2v) is 19.0. The smallest absolute Gasteiger partial charge is 0.309 e. The largest absolute Gasteiger partial charge is 0.463 e. The van der Waals surface area contributed by atoms with Crippen molar-refractivity contribution in [3.63, 3.8) is 0 Å². The first-order valence-corrected chi connectivity index (χ1v) is 19.4. The molecule has 7 heteroatoms. The van der Waals surface area contributed by atoms with Crippen LogP contribution in [-0.2, 0) is 28.5 Å². The van der Waals surface area contributed by atoms with Crippen LogP contribution in [-0.4, -0.2) is 81.0 Å². The quantitative estimate of drug-likeness (QED) is 0.303. The van der Waals surface area contributed by atoms with Crippen LogP contribution in [0.25, 0.3) is 0 Å². The topological polar surface area (TPSA) is 66.5 Å². The molecule has 12 atom stereocenters. The molecular weight excluding hydrogens is 578 g/mol. The van der Waals surface area contributed by atoms with Gasteiger partial charge in [-0.3, -0.25) is 9.69 Å². The van der Waals surface area contributed by atoms with Gasteiger partial charge in [-0.2, -0.15) is 0 Å². The second-order valence-electron chi connectivity index (χ2n) is 19.0. The van der Waals surface area contributed by atoms with Gasteiger partial charge in [0.1, 0.15) is 6.61 Å². The van der Waals surface area contributed by atoms with Crippen LogP contribution in [0, 0.1) is 56.7 Å². The highest BCUT2D eigenvalue weighted by atomic mass is 16.7. The molecule has 6 aliphatic carbocycles. The molecule has 0 aromatic heterocycles. The van der Waals surface area contributed by atoms with Crippen molar-refractivity contribution >= 4 is 5.97 Å². The number of esters is 1. The molecule has 0 aromatic carbocycles. The molecule has 3 saturated heterocycles. The average molecular weight is 640 g/mol. The van der Waals surface area contributed by atoms with Gasteiger partial charge < -0.3 is 23.7 Å². The highest BCUT2D eigenvalue weighted by molar-refractivity contribution is 5.73. The fourth-order valence-corrected chi connectivity index (χ4v) is 14.4. The Labute approximate surface area is 277 Å². The Bertz CT molecular complexity index is 1220. The third kappa shape index (κ3) is 4.23. The molecule has 0 aromatic rings. The molecule has 6 saturated carbocycles. The number of morpholine rings is 1. The molecule has 0 amide bonds. The standard InChI is InChI=1S/C39H61NO6/c1-24-17-27(22-44-34(41)25-7-6-8-25)45-28-18-37(5)30-10-9-29-35(2,3)31(46-32-19-40(15-16-43-32)26-20-42-21-26)11-12-38(29)23-39(30,38)14-13-36(37,4)33(24)28/h24-33H,6-23H2,1-5H3/t24-,27?,28?,29?,30?,31?,32?,33?,36?,37+,38?,39?/m1/s1. The third-order valence-corrected chi connectivity index (χ3v) is 17.1. The lowest BCUT2D eigenvalue weighted by Gasteiger charge is -2.63. The molecule has 0 N–H and O–H groups in total. The summed E-state index contributed by atoms with van der Waals surface area (Å²) in [5.41, 5.74) is 1.78. The summed E-state index contributed by atoms with van der Waals surface area (Å²) in [6.45, 7) is 17.7. The molecule has 0 radical (unpaired) electrons. The summed E-state index contributed by atoms with van der Waals surface area (Å²) in [7, 11) is 0. The second kappa shape index (κ2) is 10.6. The van der Waals surface area contributed by atoms with Crippen LogP contribution in [0.2, 0.25) is 0 Å². The zero-order chi connectivity index (χ0) is 31.7. The lowest BCUT2D eigenvalue weighted by atomic mass is 9.41. The molecule has 10 unspecified atom stereocenters. The van der Waals surface area contributed by atoms with Gasteiger partial charge in [-0.15, -0.1) is 0 Å². The summed E-state index contributed by atoms with van der Waals surface area (Å²) in [6.07, 6.45) is 15.3. The molecule has 46 heavy (non-hydrogen) atoms. The summed E-state index contributed by atoms with van der Waals surface area (Å²) in [5, 5.41) is 0. The minimum Gasteiger partial charge on any atom is -0.463 e. The maximum atomic E-state index is 12.5. The molecule has 3 heterocycles. The zero-order valence-electron chi connectivity index (χ0n) is 29.4. The van der Waals surface area contributed by atoms with E-state index in [1.807, 2.05) is 0 Å². The number of fused-ring (bicyclic) bond motifs is 4. The van der Waals surface area contributed by atoms with Crippen molar-refractivity contribution in [1.82, 2.24) is 4.90 Å². The number of carbonyl (C=O) groups is 1. The maximum absolute atomic E-state index is 12.5. The Morgan fingerprint density at radius 3 is 2.46 bits per heavy atom. The van der Waals surface area contributed by atoms with Crippen molar-refractivity contribution in [1.29, 1.82) is 0 Å². The Hall–Kier alpha value is -0.730. The Morgan fingerprint density at radius 1 is 0.935 bits per heavy atom. The molecule has 258 valence electrons. The molecule has 9 aliphatic rings. The SMILES string of the molecule is C[C@@H]1CC(COC(=O)C2CCC2)OC2C[C@@]3(C)C4CCC5C(C)(C)C(OC6CN(C7COC7)CCO6)CCC56CC46CCC3(C)C21. The summed E-state index contributed by atoms with van der Waals surface area (Å²) in [5.74, 6) is 2.90. The Kier molecular flexibility index (Phi) is 7.23. The molecular formula is C39H61NO6. The lowest BCUT2D eigenvalue weighted by molar-refractivity contribution is -0.255. The van der Waals surface area contributed by atoms with Crippen molar-refractivity contribution < 1.29 is 28.5 Å². The van der Waals surface area contributed by atoms with E-state index in [0.29, 0.717) is 52.2 Å². The molecule has 3 aliphatic heterocycles. The first-order chi connectivity index (χ1) is 22.0. The van der Waals surface area contributed by atoms with Gasteiger partial charge in [0.05, 0.1) is 56.6 Å². The van der Waals surface area contributed by atoms with Crippen molar-refractivity contribution in [3.8, 4) is 0 Å². The first kappa shape index (κ1) is 31.3. The van der Waals surface area contributed by atoms with E-state index in [4.69, 9.17) is 23.7 Å². The molecule has 9 rings (SSSR count). The number of hydrogen-bond donors (Lipinski definition) is 0. The number of hydrogen-bond acceptors (Lipinski definition) is 7. The van der Waals surface area contributed by atoms with Crippen LogP contribution in [0.1, 0.15) is 112 Å². The van der Waals surface area contributed by atoms with E-state index in [0.717, 1.165) is 64.0 Å². The van der Waals surface area contributed by atoms with Gasteiger partial charge in [0.15, 0.2) is 6.29 Å². The van der Waals surface area contributed by atoms with Crippen LogP contribution < -0.4 is 0 Å². The van der Waals surface area contributed by atoms with E-state index in [2.05, 4.69) is 39.5 Å².